The first kappa shape index (κ1) is 21.1. The van der Waals surface area contributed by atoms with Gasteiger partial charge in [0, 0.05) is 30.9 Å². The third kappa shape index (κ3) is 4.84. The Labute approximate surface area is 175 Å². The first-order chi connectivity index (χ1) is 14.3. The molecule has 3 aromatic carbocycles. The summed E-state index contributed by atoms with van der Waals surface area (Å²) in [6.07, 6.45) is 0. The van der Waals surface area contributed by atoms with E-state index in [4.69, 9.17) is 0 Å². The number of benzene rings is 3. The zero-order chi connectivity index (χ0) is 21.7. The van der Waals surface area contributed by atoms with Crippen LogP contribution in [0, 0.1) is 0 Å². The van der Waals surface area contributed by atoms with Crippen molar-refractivity contribution in [1.82, 2.24) is 0 Å². The van der Waals surface area contributed by atoms with Gasteiger partial charge in [-0.25, -0.2) is 8.42 Å². The molecule has 154 valence electrons. The molecule has 0 aliphatic heterocycles. The van der Waals surface area contributed by atoms with Gasteiger partial charge in [0.1, 0.15) is 0 Å². The van der Waals surface area contributed by atoms with Crippen LogP contribution in [-0.2, 0) is 14.8 Å². The quantitative estimate of drug-likeness (QED) is 0.632. The fourth-order valence-corrected chi connectivity index (χ4v) is 3.95. The van der Waals surface area contributed by atoms with Crippen molar-refractivity contribution in [3.8, 4) is 0 Å². The predicted octanol–water partition coefficient (Wildman–Crippen LogP) is 3.72. The Morgan fingerprint density at radius 2 is 1.30 bits per heavy atom. The van der Waals surface area contributed by atoms with Gasteiger partial charge in [0.15, 0.2) is 0 Å². The van der Waals surface area contributed by atoms with Gasteiger partial charge in [-0.2, -0.15) is 0 Å². The van der Waals surface area contributed by atoms with Crippen LogP contribution < -0.4 is 14.9 Å². The Bertz CT molecular complexity index is 1140. The SMILES string of the molecule is CC(=O)Nc1ccc(NC(=O)c2ccc(S(=O)(=O)N(C)c3ccccc3)cc2)cc1. The van der Waals surface area contributed by atoms with Gasteiger partial charge in [-0.1, -0.05) is 18.2 Å². The van der Waals surface area contributed by atoms with Crippen LogP contribution in [0.1, 0.15) is 17.3 Å². The molecule has 7 nitrogen and oxygen atoms in total. The van der Waals surface area contributed by atoms with Crippen molar-refractivity contribution in [3.05, 3.63) is 84.4 Å². The molecule has 3 aromatic rings. The maximum atomic E-state index is 12.8. The van der Waals surface area contributed by atoms with Crippen LogP contribution in [0.4, 0.5) is 17.1 Å². The highest BCUT2D eigenvalue weighted by Gasteiger charge is 2.21. The molecular formula is C22H21N3O4S. The van der Waals surface area contributed by atoms with Crippen LogP contribution >= 0.6 is 0 Å². The predicted molar refractivity (Wildman–Crippen MR) is 117 cm³/mol. The Morgan fingerprint density at radius 1 is 0.767 bits per heavy atom. The van der Waals surface area contributed by atoms with Gasteiger partial charge in [-0.3, -0.25) is 13.9 Å². The number of nitrogens with zero attached hydrogens (tertiary/aromatic N) is 1. The summed E-state index contributed by atoms with van der Waals surface area (Å²) in [4.78, 5) is 23.6. The van der Waals surface area contributed by atoms with Crippen molar-refractivity contribution in [2.75, 3.05) is 22.0 Å². The molecular weight excluding hydrogens is 402 g/mol. The van der Waals surface area contributed by atoms with E-state index in [1.807, 2.05) is 6.07 Å². The first-order valence-corrected chi connectivity index (χ1v) is 10.5. The fourth-order valence-electron chi connectivity index (χ4n) is 2.76. The molecule has 0 saturated heterocycles. The van der Waals surface area contributed by atoms with Gasteiger partial charge in [-0.15, -0.1) is 0 Å². The summed E-state index contributed by atoms with van der Waals surface area (Å²) in [5.41, 5.74) is 2.04. The van der Waals surface area contributed by atoms with E-state index in [9.17, 15) is 18.0 Å². The van der Waals surface area contributed by atoms with Crippen molar-refractivity contribution in [2.24, 2.45) is 0 Å². The van der Waals surface area contributed by atoms with Crippen molar-refractivity contribution in [3.63, 3.8) is 0 Å². The molecule has 3 rings (SSSR count). The van der Waals surface area contributed by atoms with Crippen molar-refractivity contribution in [2.45, 2.75) is 11.8 Å². The van der Waals surface area contributed by atoms with E-state index in [1.54, 1.807) is 48.5 Å². The average molecular weight is 423 g/mol. The number of carbonyl (C=O) groups excluding carboxylic acids is 2. The van der Waals surface area contributed by atoms with E-state index in [2.05, 4.69) is 10.6 Å². The van der Waals surface area contributed by atoms with E-state index in [1.165, 1.54) is 42.5 Å². The summed E-state index contributed by atoms with van der Waals surface area (Å²) < 4.78 is 26.8. The van der Waals surface area contributed by atoms with E-state index < -0.39 is 10.0 Å². The Balaban J connectivity index is 1.72. The van der Waals surface area contributed by atoms with Crippen molar-refractivity contribution >= 4 is 38.9 Å². The molecule has 0 atom stereocenters. The van der Waals surface area contributed by atoms with Crippen molar-refractivity contribution in [1.29, 1.82) is 0 Å². The standard InChI is InChI=1S/C22H21N3O4S/c1-16(26)23-18-10-12-19(13-11-18)24-22(27)17-8-14-21(15-9-17)30(28,29)25(2)20-6-4-3-5-7-20/h3-15H,1-2H3,(H,23,26)(H,24,27). The molecule has 0 saturated carbocycles. The highest BCUT2D eigenvalue weighted by molar-refractivity contribution is 7.92. The molecule has 0 aliphatic carbocycles. The molecule has 0 spiro atoms. The average Bonchev–Trinajstić information content (AvgIpc) is 2.75. The summed E-state index contributed by atoms with van der Waals surface area (Å²) in [5.74, 6) is -0.553. The van der Waals surface area contributed by atoms with Crippen LogP contribution in [-0.4, -0.2) is 27.3 Å². The summed E-state index contributed by atoms with van der Waals surface area (Å²) in [6, 6.07) is 21.2. The van der Waals surface area contributed by atoms with E-state index in [0.717, 1.165) is 0 Å². The minimum absolute atomic E-state index is 0.0880. The second-order valence-corrected chi connectivity index (χ2v) is 8.51. The van der Waals surface area contributed by atoms with Gasteiger partial charge < -0.3 is 10.6 Å². The minimum Gasteiger partial charge on any atom is -0.326 e. The number of anilines is 3. The third-order valence-electron chi connectivity index (χ3n) is 4.36. The Hall–Kier alpha value is -3.65. The first-order valence-electron chi connectivity index (χ1n) is 9.10. The normalized spacial score (nSPS) is 10.9. The maximum Gasteiger partial charge on any atom is 0.264 e. The third-order valence-corrected chi connectivity index (χ3v) is 6.16. The number of amides is 2. The van der Waals surface area contributed by atoms with Crippen LogP contribution in [0.25, 0.3) is 0 Å². The largest absolute Gasteiger partial charge is 0.326 e. The molecule has 0 fully saturated rings. The van der Waals surface area contributed by atoms with Gasteiger partial charge in [-0.05, 0) is 60.7 Å². The summed E-state index contributed by atoms with van der Waals surface area (Å²) in [7, 11) is -2.26. The second kappa shape index (κ2) is 8.79. The van der Waals surface area contributed by atoms with Crippen LogP contribution in [0.5, 0.6) is 0 Å². The number of hydrogen-bond acceptors (Lipinski definition) is 4. The lowest BCUT2D eigenvalue weighted by Gasteiger charge is -2.19. The van der Waals surface area contributed by atoms with Gasteiger partial charge in [0.2, 0.25) is 5.91 Å². The lowest BCUT2D eigenvalue weighted by Crippen LogP contribution is -2.26. The maximum absolute atomic E-state index is 12.8. The second-order valence-electron chi connectivity index (χ2n) is 6.55. The van der Waals surface area contributed by atoms with Gasteiger partial charge in [0.25, 0.3) is 15.9 Å². The molecule has 2 N–H and O–H groups in total. The molecule has 0 aliphatic rings. The van der Waals surface area contributed by atoms with E-state index >= 15 is 0 Å². The smallest absolute Gasteiger partial charge is 0.264 e. The number of carbonyl (C=O) groups is 2. The number of nitrogens with one attached hydrogen (secondary N) is 2. The number of rotatable bonds is 6. The zero-order valence-electron chi connectivity index (χ0n) is 16.5. The molecule has 30 heavy (non-hydrogen) atoms. The Kier molecular flexibility index (Phi) is 6.17. The highest BCUT2D eigenvalue weighted by Crippen LogP contribution is 2.22. The molecule has 0 heterocycles. The topological polar surface area (TPSA) is 95.6 Å². The van der Waals surface area contributed by atoms with Crippen LogP contribution in [0.3, 0.4) is 0 Å². The van der Waals surface area contributed by atoms with Crippen LogP contribution in [0.2, 0.25) is 0 Å². The molecule has 8 heteroatoms. The van der Waals surface area contributed by atoms with Crippen LogP contribution in [0.15, 0.2) is 83.8 Å². The monoisotopic (exact) mass is 423 g/mol. The molecule has 2 amide bonds. The van der Waals surface area contributed by atoms with Crippen molar-refractivity contribution < 1.29 is 18.0 Å². The molecule has 0 bridgehead atoms. The summed E-state index contributed by atoms with van der Waals surface area (Å²) in [5, 5.41) is 5.38. The number of sulfonamides is 1. The molecule has 0 aromatic heterocycles. The van der Waals surface area contributed by atoms with E-state index in [0.29, 0.717) is 22.6 Å². The number of hydrogen-bond donors (Lipinski definition) is 2. The summed E-state index contributed by atoms with van der Waals surface area (Å²) >= 11 is 0. The van der Waals surface area contributed by atoms with Gasteiger partial charge in [0.05, 0.1) is 10.6 Å². The lowest BCUT2D eigenvalue weighted by molar-refractivity contribution is -0.114. The highest BCUT2D eigenvalue weighted by atomic mass is 32.2. The van der Waals surface area contributed by atoms with Gasteiger partial charge >= 0.3 is 0 Å². The Morgan fingerprint density at radius 3 is 1.83 bits per heavy atom. The summed E-state index contributed by atoms with van der Waals surface area (Å²) in [6.45, 7) is 1.41. The lowest BCUT2D eigenvalue weighted by atomic mass is 10.2. The fraction of sp³-hybridized carbons (Fsp3) is 0.0909. The molecule has 0 radical (unpaired) electrons. The number of para-hydroxylation sites is 1. The minimum atomic E-state index is -3.74. The zero-order valence-corrected chi connectivity index (χ0v) is 17.3. The molecule has 0 unspecified atom stereocenters. The van der Waals surface area contributed by atoms with E-state index in [-0.39, 0.29) is 16.7 Å².